The van der Waals surface area contributed by atoms with Gasteiger partial charge >= 0.3 is 0 Å². The molecular formula is C28H30N6O3. The van der Waals surface area contributed by atoms with E-state index in [4.69, 9.17) is 4.52 Å². The van der Waals surface area contributed by atoms with Gasteiger partial charge in [-0.25, -0.2) is 4.98 Å². The number of nitrogens with one attached hydrogen (secondary N) is 1. The van der Waals surface area contributed by atoms with E-state index < -0.39 is 0 Å². The second-order valence-corrected chi connectivity index (χ2v) is 9.33. The largest absolute Gasteiger partial charge is 0.352 e. The number of aryl methyl sites for hydroxylation is 2. The normalized spacial score (nSPS) is 12.3. The minimum atomic E-state index is -0.263. The number of hydrogen-bond donors (Lipinski definition) is 1. The number of carbonyl (C=O) groups is 1. The van der Waals surface area contributed by atoms with Crippen molar-refractivity contribution in [3.63, 3.8) is 0 Å². The van der Waals surface area contributed by atoms with Gasteiger partial charge < -0.3 is 14.4 Å². The van der Waals surface area contributed by atoms with Gasteiger partial charge in [-0.1, -0.05) is 60.6 Å². The van der Waals surface area contributed by atoms with Crippen molar-refractivity contribution in [2.75, 3.05) is 0 Å². The molecular weight excluding hydrogens is 468 g/mol. The molecule has 0 bridgehead atoms. The summed E-state index contributed by atoms with van der Waals surface area (Å²) in [4.78, 5) is 35.6. The Bertz CT molecular complexity index is 1580. The predicted octanol–water partition coefficient (Wildman–Crippen LogP) is 3.87. The van der Waals surface area contributed by atoms with E-state index in [2.05, 4.69) is 32.6 Å². The second kappa shape index (κ2) is 10.8. The van der Waals surface area contributed by atoms with Gasteiger partial charge in [0.15, 0.2) is 5.82 Å². The van der Waals surface area contributed by atoms with Crippen LogP contribution in [0.1, 0.15) is 44.0 Å². The summed E-state index contributed by atoms with van der Waals surface area (Å²) >= 11 is 0. The quantitative estimate of drug-likeness (QED) is 0.313. The standard InChI is InChI=1S/C28H30N6O3/c1-3-9-23-31-25(37-32-23)17-33-18-29-26-21-12-7-8-13-22(21)34(27(26)28(33)36)16-24(35)30-19(2)14-15-20-10-5-4-6-11-20/h4-8,10-13,18-19H,3,9,14-17H2,1-2H3,(H,30,35). The Labute approximate surface area is 214 Å². The third kappa shape index (κ3) is 5.30. The highest BCUT2D eigenvalue weighted by molar-refractivity contribution is 6.06. The number of carbonyl (C=O) groups excluding carboxylic acids is 1. The summed E-state index contributed by atoms with van der Waals surface area (Å²) in [7, 11) is 0. The Balaban J connectivity index is 1.40. The third-order valence-electron chi connectivity index (χ3n) is 6.44. The highest BCUT2D eigenvalue weighted by Crippen LogP contribution is 2.25. The monoisotopic (exact) mass is 498 g/mol. The molecule has 5 aromatic rings. The van der Waals surface area contributed by atoms with Crippen molar-refractivity contribution in [2.45, 2.75) is 58.7 Å². The summed E-state index contributed by atoms with van der Waals surface area (Å²) in [5.41, 5.74) is 2.71. The zero-order valence-electron chi connectivity index (χ0n) is 21.1. The highest BCUT2D eigenvalue weighted by Gasteiger charge is 2.20. The van der Waals surface area contributed by atoms with Crippen molar-refractivity contribution in [3.8, 4) is 0 Å². The first kappa shape index (κ1) is 24.4. The Hall–Kier alpha value is -4.27. The van der Waals surface area contributed by atoms with E-state index in [0.29, 0.717) is 29.2 Å². The number of fused-ring (bicyclic) bond motifs is 3. The summed E-state index contributed by atoms with van der Waals surface area (Å²) in [5.74, 6) is 0.810. The molecule has 0 aliphatic rings. The molecule has 0 spiro atoms. The Morgan fingerprint density at radius 2 is 1.86 bits per heavy atom. The van der Waals surface area contributed by atoms with Crippen LogP contribution in [0.15, 0.2) is 70.2 Å². The van der Waals surface area contributed by atoms with Crippen molar-refractivity contribution in [3.05, 3.63) is 88.6 Å². The van der Waals surface area contributed by atoms with Crippen molar-refractivity contribution in [1.82, 2.24) is 29.6 Å². The van der Waals surface area contributed by atoms with Gasteiger partial charge in [0.25, 0.3) is 5.56 Å². The molecule has 5 rings (SSSR count). The van der Waals surface area contributed by atoms with Gasteiger partial charge in [-0.2, -0.15) is 4.98 Å². The van der Waals surface area contributed by atoms with Gasteiger partial charge in [-0.15, -0.1) is 0 Å². The first-order valence-corrected chi connectivity index (χ1v) is 12.6. The molecule has 0 saturated carbocycles. The number of para-hydroxylation sites is 1. The van der Waals surface area contributed by atoms with E-state index in [0.717, 1.165) is 30.2 Å². The molecule has 0 fully saturated rings. The summed E-state index contributed by atoms with van der Waals surface area (Å²) in [6.07, 6.45) is 4.81. The van der Waals surface area contributed by atoms with Crippen LogP contribution in [0, 0.1) is 0 Å². The van der Waals surface area contributed by atoms with Crippen molar-refractivity contribution >= 4 is 27.8 Å². The van der Waals surface area contributed by atoms with Crippen LogP contribution in [-0.4, -0.2) is 36.2 Å². The molecule has 9 heteroatoms. The lowest BCUT2D eigenvalue weighted by molar-refractivity contribution is -0.122. The van der Waals surface area contributed by atoms with Crippen molar-refractivity contribution in [2.24, 2.45) is 0 Å². The highest BCUT2D eigenvalue weighted by atomic mass is 16.5. The van der Waals surface area contributed by atoms with Crippen LogP contribution in [0.2, 0.25) is 0 Å². The van der Waals surface area contributed by atoms with Gasteiger partial charge in [0, 0.05) is 17.8 Å². The molecule has 3 aromatic heterocycles. The number of nitrogens with zero attached hydrogens (tertiary/aromatic N) is 5. The third-order valence-corrected chi connectivity index (χ3v) is 6.44. The summed E-state index contributed by atoms with van der Waals surface area (Å²) in [5, 5.41) is 7.88. The average molecular weight is 499 g/mol. The number of rotatable bonds is 10. The van der Waals surface area contributed by atoms with E-state index in [9.17, 15) is 9.59 Å². The molecule has 37 heavy (non-hydrogen) atoms. The molecule has 9 nitrogen and oxygen atoms in total. The first-order valence-electron chi connectivity index (χ1n) is 12.6. The lowest BCUT2D eigenvalue weighted by atomic mass is 10.1. The molecule has 2 aromatic carbocycles. The second-order valence-electron chi connectivity index (χ2n) is 9.33. The molecule has 1 unspecified atom stereocenters. The smallest absolute Gasteiger partial charge is 0.278 e. The van der Waals surface area contributed by atoms with E-state index in [1.54, 1.807) is 4.57 Å². The molecule has 1 amide bonds. The van der Waals surface area contributed by atoms with E-state index in [1.165, 1.54) is 16.5 Å². The summed E-state index contributed by atoms with van der Waals surface area (Å²) in [6.45, 7) is 4.17. The van der Waals surface area contributed by atoms with Crippen LogP contribution in [-0.2, 0) is 30.7 Å². The molecule has 0 saturated heterocycles. The maximum Gasteiger partial charge on any atom is 0.278 e. The molecule has 0 radical (unpaired) electrons. The summed E-state index contributed by atoms with van der Waals surface area (Å²) in [6, 6.07) is 17.8. The van der Waals surface area contributed by atoms with Gasteiger partial charge in [-0.3, -0.25) is 14.2 Å². The van der Waals surface area contributed by atoms with Gasteiger partial charge in [0.1, 0.15) is 24.1 Å². The Morgan fingerprint density at radius 3 is 2.68 bits per heavy atom. The Kier molecular flexibility index (Phi) is 7.11. The number of benzene rings is 2. The zero-order chi connectivity index (χ0) is 25.8. The lowest BCUT2D eigenvalue weighted by Gasteiger charge is -2.15. The SMILES string of the molecule is CCCc1noc(Cn2cnc3c4ccccc4n(CC(=O)NC(C)CCc4ccccc4)c3c2=O)n1. The van der Waals surface area contributed by atoms with Crippen LogP contribution < -0.4 is 10.9 Å². The number of hydrogen-bond acceptors (Lipinski definition) is 6. The maximum absolute atomic E-state index is 13.6. The van der Waals surface area contributed by atoms with Crippen molar-refractivity contribution < 1.29 is 9.32 Å². The van der Waals surface area contributed by atoms with Crippen LogP contribution in [0.4, 0.5) is 0 Å². The molecule has 0 aliphatic carbocycles. The van der Waals surface area contributed by atoms with Crippen molar-refractivity contribution in [1.29, 1.82) is 0 Å². The average Bonchev–Trinajstić information content (AvgIpc) is 3.48. The molecule has 190 valence electrons. The molecule has 1 atom stereocenters. The fourth-order valence-electron chi connectivity index (χ4n) is 4.61. The Morgan fingerprint density at radius 1 is 1.08 bits per heavy atom. The zero-order valence-corrected chi connectivity index (χ0v) is 21.1. The molecule has 0 aliphatic heterocycles. The minimum absolute atomic E-state index is 0.00887. The predicted molar refractivity (Wildman–Crippen MR) is 141 cm³/mol. The van der Waals surface area contributed by atoms with Gasteiger partial charge in [0.2, 0.25) is 11.8 Å². The lowest BCUT2D eigenvalue weighted by Crippen LogP contribution is -2.36. The van der Waals surface area contributed by atoms with E-state index in [-0.39, 0.29) is 30.6 Å². The van der Waals surface area contributed by atoms with Crippen LogP contribution >= 0.6 is 0 Å². The molecule has 3 heterocycles. The maximum atomic E-state index is 13.6. The minimum Gasteiger partial charge on any atom is -0.352 e. The van der Waals surface area contributed by atoms with Gasteiger partial charge in [0.05, 0.1) is 11.8 Å². The summed E-state index contributed by atoms with van der Waals surface area (Å²) < 4.78 is 8.52. The van der Waals surface area contributed by atoms with E-state index in [1.807, 2.05) is 56.3 Å². The van der Waals surface area contributed by atoms with Crippen LogP contribution in [0.3, 0.4) is 0 Å². The number of aromatic nitrogens is 5. The topological polar surface area (TPSA) is 108 Å². The van der Waals surface area contributed by atoms with Crippen LogP contribution in [0.25, 0.3) is 21.9 Å². The fraction of sp³-hybridized carbons (Fsp3) is 0.321. The first-order chi connectivity index (χ1) is 18.0. The fourth-order valence-corrected chi connectivity index (χ4v) is 4.61. The number of amides is 1. The van der Waals surface area contributed by atoms with Gasteiger partial charge in [-0.05, 0) is 37.8 Å². The molecule has 1 N–H and O–H groups in total. The van der Waals surface area contributed by atoms with E-state index >= 15 is 0 Å². The van der Waals surface area contributed by atoms with Crippen LogP contribution in [0.5, 0.6) is 0 Å².